The average Bonchev–Trinajstić information content (AvgIpc) is 2.84. The van der Waals surface area contributed by atoms with E-state index in [2.05, 4.69) is 24.5 Å². The van der Waals surface area contributed by atoms with Gasteiger partial charge in [-0.15, -0.1) is 0 Å². The summed E-state index contributed by atoms with van der Waals surface area (Å²) in [6, 6.07) is 8.67. The van der Waals surface area contributed by atoms with Crippen LogP contribution in [0.2, 0.25) is 0 Å². The predicted molar refractivity (Wildman–Crippen MR) is 98.1 cm³/mol. The molecule has 140 valence electrons. The second kappa shape index (κ2) is 7.09. The molecule has 1 aromatic rings. The van der Waals surface area contributed by atoms with E-state index in [0.717, 1.165) is 17.7 Å². The highest BCUT2D eigenvalue weighted by molar-refractivity contribution is 6.09. The summed E-state index contributed by atoms with van der Waals surface area (Å²) < 4.78 is 0. The molecule has 1 aliphatic heterocycles. The first-order valence-electron chi connectivity index (χ1n) is 9.32. The van der Waals surface area contributed by atoms with E-state index < -0.39 is 17.5 Å². The summed E-state index contributed by atoms with van der Waals surface area (Å²) in [7, 11) is 0. The summed E-state index contributed by atoms with van der Waals surface area (Å²) in [4.78, 5) is 38.7. The highest BCUT2D eigenvalue weighted by atomic mass is 16.2. The molecule has 4 atom stereocenters. The van der Waals surface area contributed by atoms with Crippen LogP contribution in [0.4, 0.5) is 4.79 Å². The third kappa shape index (κ3) is 3.32. The zero-order chi connectivity index (χ0) is 18.9. The number of amides is 4. The Morgan fingerprint density at radius 2 is 1.92 bits per heavy atom. The van der Waals surface area contributed by atoms with Gasteiger partial charge in [0.05, 0.1) is 0 Å². The zero-order valence-electron chi connectivity index (χ0n) is 15.6. The lowest BCUT2D eigenvalue weighted by Gasteiger charge is -2.34. The van der Waals surface area contributed by atoms with Gasteiger partial charge < -0.3 is 10.6 Å². The fourth-order valence-electron chi connectivity index (χ4n) is 3.99. The largest absolute Gasteiger partial charge is 0.352 e. The quantitative estimate of drug-likeness (QED) is 0.812. The van der Waals surface area contributed by atoms with Gasteiger partial charge in [-0.1, -0.05) is 57.0 Å². The highest BCUT2D eigenvalue weighted by Crippen LogP contribution is 2.30. The van der Waals surface area contributed by atoms with E-state index in [1.165, 1.54) is 6.42 Å². The van der Waals surface area contributed by atoms with E-state index in [1.807, 2.05) is 18.2 Å². The van der Waals surface area contributed by atoms with Crippen LogP contribution < -0.4 is 10.6 Å². The van der Waals surface area contributed by atoms with E-state index in [9.17, 15) is 14.4 Å². The molecule has 1 aliphatic carbocycles. The number of carbonyl (C=O) groups excluding carboxylic acids is 3. The Kier molecular flexibility index (Phi) is 5.03. The number of benzene rings is 1. The van der Waals surface area contributed by atoms with Gasteiger partial charge in [-0.2, -0.15) is 0 Å². The van der Waals surface area contributed by atoms with Crippen LogP contribution in [0.5, 0.6) is 0 Å². The van der Waals surface area contributed by atoms with Crippen molar-refractivity contribution in [1.82, 2.24) is 15.5 Å². The van der Waals surface area contributed by atoms with Crippen molar-refractivity contribution in [2.75, 3.05) is 6.54 Å². The molecule has 3 rings (SSSR count). The number of hydrogen-bond acceptors (Lipinski definition) is 3. The number of hydrogen-bond donors (Lipinski definition) is 2. The van der Waals surface area contributed by atoms with Crippen LogP contribution in [-0.2, 0) is 15.1 Å². The van der Waals surface area contributed by atoms with Crippen LogP contribution in [0, 0.1) is 11.8 Å². The van der Waals surface area contributed by atoms with Gasteiger partial charge in [0.2, 0.25) is 5.91 Å². The van der Waals surface area contributed by atoms with Gasteiger partial charge in [0.15, 0.2) is 0 Å². The normalized spacial score (nSPS) is 31.7. The van der Waals surface area contributed by atoms with Crippen molar-refractivity contribution in [1.29, 1.82) is 0 Å². The molecule has 4 amide bonds. The molecule has 2 N–H and O–H groups in total. The van der Waals surface area contributed by atoms with Crippen molar-refractivity contribution in [3.05, 3.63) is 35.9 Å². The Hall–Kier alpha value is -2.37. The molecule has 0 unspecified atom stereocenters. The van der Waals surface area contributed by atoms with Gasteiger partial charge in [0, 0.05) is 6.04 Å². The van der Waals surface area contributed by atoms with Crippen LogP contribution in [-0.4, -0.2) is 35.3 Å². The molecule has 2 aliphatic rings. The highest BCUT2D eigenvalue weighted by Gasteiger charge is 2.49. The predicted octanol–water partition coefficient (Wildman–Crippen LogP) is 2.39. The maximum atomic E-state index is 12.8. The zero-order valence-corrected chi connectivity index (χ0v) is 15.6. The Morgan fingerprint density at radius 1 is 1.23 bits per heavy atom. The Labute approximate surface area is 154 Å². The minimum Gasteiger partial charge on any atom is -0.352 e. The van der Waals surface area contributed by atoms with Gasteiger partial charge in [0.1, 0.15) is 12.1 Å². The first-order chi connectivity index (χ1) is 12.3. The van der Waals surface area contributed by atoms with Gasteiger partial charge in [-0.25, -0.2) is 4.79 Å². The van der Waals surface area contributed by atoms with Crippen LogP contribution >= 0.6 is 0 Å². The number of nitrogens with one attached hydrogen (secondary N) is 2. The fraction of sp³-hybridized carbons (Fsp3) is 0.550. The molecule has 6 heteroatoms. The van der Waals surface area contributed by atoms with Crippen LogP contribution in [0.25, 0.3) is 0 Å². The smallest absolute Gasteiger partial charge is 0.325 e. The van der Waals surface area contributed by atoms with Crippen molar-refractivity contribution in [3.8, 4) is 0 Å². The topological polar surface area (TPSA) is 78.5 Å². The molecule has 1 heterocycles. The molecular weight excluding hydrogens is 330 g/mol. The molecule has 2 fully saturated rings. The first-order valence-corrected chi connectivity index (χ1v) is 9.32. The van der Waals surface area contributed by atoms with Crippen LogP contribution in [0.1, 0.15) is 45.6 Å². The van der Waals surface area contributed by atoms with E-state index in [0.29, 0.717) is 17.4 Å². The minimum absolute atomic E-state index is 0.104. The molecule has 0 aromatic heterocycles. The molecule has 6 nitrogen and oxygen atoms in total. The van der Waals surface area contributed by atoms with E-state index >= 15 is 0 Å². The Morgan fingerprint density at radius 3 is 2.62 bits per heavy atom. The van der Waals surface area contributed by atoms with Crippen molar-refractivity contribution in [2.24, 2.45) is 11.8 Å². The molecule has 0 radical (unpaired) electrons. The van der Waals surface area contributed by atoms with Crippen LogP contribution in [0.3, 0.4) is 0 Å². The summed E-state index contributed by atoms with van der Waals surface area (Å²) in [6.07, 6.45) is 3.21. The van der Waals surface area contributed by atoms with Crippen LogP contribution in [0.15, 0.2) is 30.3 Å². The van der Waals surface area contributed by atoms with Crippen molar-refractivity contribution >= 4 is 17.8 Å². The second-order valence-electron chi connectivity index (χ2n) is 7.75. The molecule has 0 bridgehead atoms. The lowest BCUT2D eigenvalue weighted by atomic mass is 9.78. The maximum Gasteiger partial charge on any atom is 0.325 e. The third-order valence-electron chi connectivity index (χ3n) is 5.98. The molecule has 1 saturated heterocycles. The third-order valence-corrected chi connectivity index (χ3v) is 5.98. The summed E-state index contributed by atoms with van der Waals surface area (Å²) in [5, 5.41) is 5.75. The monoisotopic (exact) mass is 357 g/mol. The summed E-state index contributed by atoms with van der Waals surface area (Å²) in [5.74, 6) is 0.281. The Bertz CT molecular complexity index is 706. The molecule has 1 aromatic carbocycles. The van der Waals surface area contributed by atoms with Gasteiger partial charge >= 0.3 is 6.03 Å². The standard InChI is InChI=1S/C20H27N3O3/c1-13-8-7-11-16(14(13)2)21-17(24)12-23-18(25)20(3,22-19(23)26)15-9-5-4-6-10-15/h4-6,9-10,13-14,16H,7-8,11-12H2,1-3H3,(H,21,24)(H,22,26)/t13-,14-,16-,20-/m1/s1. The SMILES string of the molecule is C[C@@H]1[C@H](C)CCC[C@H]1NC(=O)CN1C(=O)N[C@](C)(c2ccccc2)C1=O. The second-order valence-corrected chi connectivity index (χ2v) is 7.75. The lowest BCUT2D eigenvalue weighted by Crippen LogP contribution is -2.48. The molecule has 1 saturated carbocycles. The number of urea groups is 1. The minimum atomic E-state index is -1.13. The van der Waals surface area contributed by atoms with Crippen molar-refractivity contribution in [2.45, 2.75) is 51.6 Å². The molecule has 0 spiro atoms. The fourth-order valence-corrected chi connectivity index (χ4v) is 3.99. The summed E-state index contributed by atoms with van der Waals surface area (Å²) in [5.41, 5.74) is -0.429. The lowest BCUT2D eigenvalue weighted by molar-refractivity contribution is -0.135. The molecule has 26 heavy (non-hydrogen) atoms. The first kappa shape index (κ1) is 18.4. The van der Waals surface area contributed by atoms with E-state index in [1.54, 1.807) is 19.1 Å². The van der Waals surface area contributed by atoms with Crippen molar-refractivity contribution < 1.29 is 14.4 Å². The van der Waals surface area contributed by atoms with Gasteiger partial charge in [-0.05, 0) is 30.7 Å². The maximum absolute atomic E-state index is 12.8. The van der Waals surface area contributed by atoms with Crippen molar-refractivity contribution in [3.63, 3.8) is 0 Å². The van der Waals surface area contributed by atoms with Gasteiger partial charge in [-0.3, -0.25) is 14.5 Å². The van der Waals surface area contributed by atoms with E-state index in [4.69, 9.17) is 0 Å². The molecular formula is C20H27N3O3. The number of nitrogens with zero attached hydrogens (tertiary/aromatic N) is 1. The number of imide groups is 1. The summed E-state index contributed by atoms with van der Waals surface area (Å²) >= 11 is 0. The Balaban J connectivity index is 1.67. The average molecular weight is 357 g/mol. The number of carbonyl (C=O) groups is 3. The number of rotatable bonds is 4. The van der Waals surface area contributed by atoms with Gasteiger partial charge in [0.25, 0.3) is 5.91 Å². The summed E-state index contributed by atoms with van der Waals surface area (Å²) in [6.45, 7) is 5.77. The van der Waals surface area contributed by atoms with E-state index in [-0.39, 0.29) is 18.5 Å².